The van der Waals surface area contributed by atoms with E-state index in [2.05, 4.69) is 12.2 Å². The maximum atomic E-state index is 12.8. The molecule has 1 aromatic carbocycles. The van der Waals surface area contributed by atoms with Gasteiger partial charge in [0.05, 0.1) is 0 Å². The molecule has 0 atom stereocenters. The van der Waals surface area contributed by atoms with Crippen molar-refractivity contribution in [3.8, 4) is 0 Å². The Labute approximate surface area is 149 Å². The molecule has 0 radical (unpaired) electrons. The van der Waals surface area contributed by atoms with Gasteiger partial charge >= 0.3 is 0 Å². The van der Waals surface area contributed by atoms with E-state index in [9.17, 15) is 9.59 Å². The van der Waals surface area contributed by atoms with Crippen molar-refractivity contribution < 1.29 is 4.79 Å². The third kappa shape index (κ3) is 4.38. The van der Waals surface area contributed by atoms with Gasteiger partial charge in [-0.3, -0.25) is 9.59 Å². The van der Waals surface area contributed by atoms with Gasteiger partial charge in [0.15, 0.2) is 0 Å². The predicted molar refractivity (Wildman–Crippen MR) is 102 cm³/mol. The Balaban J connectivity index is 2.20. The number of carbonyl (C=O) groups is 1. The molecule has 4 heteroatoms. The van der Waals surface area contributed by atoms with E-state index in [1.54, 1.807) is 4.57 Å². The van der Waals surface area contributed by atoms with Gasteiger partial charge < -0.3 is 9.88 Å². The first-order valence-corrected chi connectivity index (χ1v) is 9.00. The molecule has 0 aliphatic heterocycles. The fourth-order valence-corrected chi connectivity index (χ4v) is 3.02. The van der Waals surface area contributed by atoms with Crippen LogP contribution in [0.2, 0.25) is 0 Å². The van der Waals surface area contributed by atoms with E-state index in [1.165, 1.54) is 5.56 Å². The summed E-state index contributed by atoms with van der Waals surface area (Å²) in [7, 11) is 0. The molecule has 0 saturated carbocycles. The summed E-state index contributed by atoms with van der Waals surface area (Å²) in [5.41, 5.74) is 4.03. The zero-order valence-corrected chi connectivity index (χ0v) is 15.7. The van der Waals surface area contributed by atoms with E-state index >= 15 is 0 Å². The van der Waals surface area contributed by atoms with Gasteiger partial charge in [0.2, 0.25) is 0 Å². The molecule has 4 nitrogen and oxygen atoms in total. The minimum absolute atomic E-state index is 0.175. The smallest absolute Gasteiger partial charge is 0.263 e. The first kappa shape index (κ1) is 19.0. The summed E-state index contributed by atoms with van der Waals surface area (Å²) < 4.78 is 1.75. The summed E-state index contributed by atoms with van der Waals surface area (Å²) in [5, 5.41) is 2.91. The van der Waals surface area contributed by atoms with Crippen LogP contribution >= 0.6 is 0 Å². The van der Waals surface area contributed by atoms with Crippen LogP contribution in [0.25, 0.3) is 0 Å². The quantitative estimate of drug-likeness (QED) is 0.838. The minimum Gasteiger partial charge on any atom is -0.352 e. The lowest BCUT2D eigenvalue weighted by atomic mass is 10.0. The molecule has 25 heavy (non-hydrogen) atoms. The van der Waals surface area contributed by atoms with Crippen molar-refractivity contribution in [2.75, 3.05) is 6.54 Å². The largest absolute Gasteiger partial charge is 0.352 e. The number of pyridine rings is 1. The number of rotatable bonds is 7. The maximum Gasteiger partial charge on any atom is 0.263 e. The van der Waals surface area contributed by atoms with E-state index in [1.807, 2.05) is 51.1 Å². The number of nitrogens with one attached hydrogen (secondary N) is 1. The van der Waals surface area contributed by atoms with Crippen LogP contribution in [-0.4, -0.2) is 17.0 Å². The van der Waals surface area contributed by atoms with Crippen molar-refractivity contribution in [3.05, 3.63) is 68.6 Å². The van der Waals surface area contributed by atoms with E-state index in [0.29, 0.717) is 13.1 Å². The topological polar surface area (TPSA) is 51.1 Å². The van der Waals surface area contributed by atoms with Crippen LogP contribution in [0.4, 0.5) is 0 Å². The Morgan fingerprint density at radius 1 is 1.08 bits per heavy atom. The number of hydrogen-bond donors (Lipinski definition) is 1. The van der Waals surface area contributed by atoms with E-state index < -0.39 is 0 Å². The molecule has 0 aliphatic rings. The summed E-state index contributed by atoms with van der Waals surface area (Å²) >= 11 is 0. The molecule has 134 valence electrons. The van der Waals surface area contributed by atoms with Crippen molar-refractivity contribution in [2.45, 2.75) is 53.5 Å². The number of aromatic nitrogens is 1. The second kappa shape index (κ2) is 8.65. The molecule has 1 amide bonds. The molecule has 0 spiro atoms. The minimum atomic E-state index is -0.272. The maximum absolute atomic E-state index is 12.8. The highest BCUT2D eigenvalue weighted by atomic mass is 16.2. The Bertz CT molecular complexity index is 792. The number of hydrogen-bond acceptors (Lipinski definition) is 2. The summed E-state index contributed by atoms with van der Waals surface area (Å²) in [6.07, 6.45) is 2.69. The lowest BCUT2D eigenvalue weighted by Gasteiger charge is -2.17. The molecule has 2 aromatic rings. The van der Waals surface area contributed by atoms with E-state index in [-0.39, 0.29) is 17.0 Å². The van der Waals surface area contributed by atoms with Crippen molar-refractivity contribution >= 4 is 5.91 Å². The highest BCUT2D eigenvalue weighted by molar-refractivity contribution is 5.95. The standard InChI is InChI=1S/C21H28N2O2/c1-5-6-14-23-17(4)15(2)16(3)19(21(23)25)20(24)22-13-12-18-10-8-7-9-11-18/h7-11H,5-6,12-14H2,1-4H3,(H,22,24). The van der Waals surface area contributed by atoms with Crippen LogP contribution < -0.4 is 10.9 Å². The summed E-state index contributed by atoms with van der Waals surface area (Å²) in [6.45, 7) is 9.07. The Kier molecular flexibility index (Phi) is 6.57. The van der Waals surface area contributed by atoms with Crippen molar-refractivity contribution in [1.29, 1.82) is 0 Å². The van der Waals surface area contributed by atoms with Gasteiger partial charge in [-0.25, -0.2) is 0 Å². The molecular weight excluding hydrogens is 312 g/mol. The number of unbranched alkanes of at least 4 members (excludes halogenated alkanes) is 1. The van der Waals surface area contributed by atoms with E-state index in [4.69, 9.17) is 0 Å². The van der Waals surface area contributed by atoms with Gasteiger partial charge in [0.1, 0.15) is 5.56 Å². The lowest BCUT2D eigenvalue weighted by molar-refractivity contribution is 0.0951. The fraction of sp³-hybridized carbons (Fsp3) is 0.429. The van der Waals surface area contributed by atoms with Crippen LogP contribution in [0.1, 0.15) is 52.5 Å². The molecule has 1 aromatic heterocycles. The van der Waals surface area contributed by atoms with Gasteiger partial charge in [-0.05, 0) is 50.3 Å². The summed E-state index contributed by atoms with van der Waals surface area (Å²) in [5.74, 6) is -0.272. The zero-order chi connectivity index (χ0) is 18.4. The predicted octanol–water partition coefficient (Wildman–Crippen LogP) is 3.55. The molecule has 1 N–H and O–H groups in total. The van der Waals surface area contributed by atoms with Crippen LogP contribution in [0.15, 0.2) is 35.1 Å². The van der Waals surface area contributed by atoms with Gasteiger partial charge in [0, 0.05) is 18.8 Å². The zero-order valence-electron chi connectivity index (χ0n) is 15.7. The van der Waals surface area contributed by atoms with Crippen LogP contribution in [-0.2, 0) is 13.0 Å². The Morgan fingerprint density at radius 3 is 2.40 bits per heavy atom. The molecule has 0 aliphatic carbocycles. The van der Waals surface area contributed by atoms with Crippen molar-refractivity contribution in [1.82, 2.24) is 9.88 Å². The van der Waals surface area contributed by atoms with Gasteiger partial charge in [-0.15, -0.1) is 0 Å². The molecule has 0 unspecified atom stereocenters. The number of amides is 1. The highest BCUT2D eigenvalue weighted by Gasteiger charge is 2.19. The third-order valence-electron chi connectivity index (χ3n) is 4.85. The monoisotopic (exact) mass is 340 g/mol. The van der Waals surface area contributed by atoms with Gasteiger partial charge in [0.25, 0.3) is 11.5 Å². The van der Waals surface area contributed by atoms with Crippen LogP contribution in [0, 0.1) is 20.8 Å². The summed E-state index contributed by atoms with van der Waals surface area (Å²) in [4.78, 5) is 25.5. The van der Waals surface area contributed by atoms with E-state index in [0.717, 1.165) is 36.1 Å². The Hall–Kier alpha value is -2.36. The van der Waals surface area contributed by atoms with Gasteiger partial charge in [-0.2, -0.15) is 0 Å². The molecule has 1 heterocycles. The number of carbonyl (C=O) groups excluding carboxylic acids is 1. The molecule has 0 bridgehead atoms. The average Bonchev–Trinajstić information content (AvgIpc) is 2.61. The van der Waals surface area contributed by atoms with Crippen LogP contribution in [0.5, 0.6) is 0 Å². The molecule has 0 fully saturated rings. The first-order chi connectivity index (χ1) is 12.0. The second-order valence-electron chi connectivity index (χ2n) is 6.51. The van der Waals surface area contributed by atoms with Crippen LogP contribution in [0.3, 0.4) is 0 Å². The van der Waals surface area contributed by atoms with Gasteiger partial charge in [-0.1, -0.05) is 43.7 Å². The number of benzene rings is 1. The molecular formula is C21H28N2O2. The van der Waals surface area contributed by atoms with Crippen molar-refractivity contribution in [3.63, 3.8) is 0 Å². The lowest BCUT2D eigenvalue weighted by Crippen LogP contribution is -2.36. The highest BCUT2D eigenvalue weighted by Crippen LogP contribution is 2.15. The second-order valence-corrected chi connectivity index (χ2v) is 6.51. The third-order valence-corrected chi connectivity index (χ3v) is 4.85. The fourth-order valence-electron chi connectivity index (χ4n) is 3.02. The first-order valence-electron chi connectivity index (χ1n) is 9.00. The summed E-state index contributed by atoms with van der Waals surface area (Å²) in [6, 6.07) is 10.0. The normalized spacial score (nSPS) is 10.7. The van der Waals surface area contributed by atoms with Crippen molar-refractivity contribution in [2.24, 2.45) is 0 Å². The number of nitrogens with zero attached hydrogens (tertiary/aromatic N) is 1. The average molecular weight is 340 g/mol. The Morgan fingerprint density at radius 2 is 1.76 bits per heavy atom. The SMILES string of the molecule is CCCCn1c(C)c(C)c(C)c(C(=O)NCCc2ccccc2)c1=O. The molecule has 2 rings (SSSR count). The molecule has 0 saturated heterocycles.